The Hall–Kier alpha value is -3.70. The lowest BCUT2D eigenvalue weighted by atomic mass is 10.1. The van der Waals surface area contributed by atoms with Crippen molar-refractivity contribution in [1.82, 2.24) is 0 Å². The van der Waals surface area contributed by atoms with Gasteiger partial charge >= 0.3 is 0 Å². The summed E-state index contributed by atoms with van der Waals surface area (Å²) in [6.07, 6.45) is 1.35. The van der Waals surface area contributed by atoms with Crippen molar-refractivity contribution < 1.29 is 10.3 Å². The molecule has 0 aliphatic rings. The number of nitrogens with two attached hydrogens (primary N) is 4. The zero-order valence-electron chi connectivity index (χ0n) is 11.3. The molecular formula is C10H15N9O3. The second-order valence-corrected chi connectivity index (χ2v) is 3.38. The second kappa shape index (κ2) is 10.1. The van der Waals surface area contributed by atoms with Gasteiger partial charge in [0.25, 0.3) is 5.09 Å². The van der Waals surface area contributed by atoms with Crippen molar-refractivity contribution in [3.8, 4) is 0 Å². The van der Waals surface area contributed by atoms with E-state index in [1.165, 1.54) is 6.21 Å². The van der Waals surface area contributed by atoms with E-state index in [0.29, 0.717) is 5.71 Å². The first kappa shape index (κ1) is 18.3. The smallest absolute Gasteiger partial charge is 0.291 e. The van der Waals surface area contributed by atoms with Crippen molar-refractivity contribution >= 4 is 23.8 Å². The molecule has 0 atom stereocenters. The van der Waals surface area contributed by atoms with Gasteiger partial charge < -0.3 is 28.1 Å². The molecule has 0 aliphatic heterocycles. The minimum Gasteiger partial charge on any atom is -0.369 e. The van der Waals surface area contributed by atoms with Crippen LogP contribution in [-0.4, -0.2) is 34.1 Å². The monoisotopic (exact) mass is 309 g/mol. The van der Waals surface area contributed by atoms with Gasteiger partial charge in [0.15, 0.2) is 0 Å². The van der Waals surface area contributed by atoms with Crippen LogP contribution in [0.3, 0.4) is 0 Å². The minimum atomic E-state index is -1.50. The Labute approximate surface area is 124 Å². The summed E-state index contributed by atoms with van der Waals surface area (Å²) in [5, 5.41) is 28.2. The maximum absolute atomic E-state index is 8.36. The molecule has 0 spiro atoms. The molecule has 118 valence electrons. The van der Waals surface area contributed by atoms with Gasteiger partial charge in [-0.2, -0.15) is 5.10 Å². The fourth-order valence-corrected chi connectivity index (χ4v) is 1.03. The lowest BCUT2D eigenvalue weighted by molar-refractivity contribution is -0.742. The Morgan fingerprint density at radius 1 is 1.05 bits per heavy atom. The van der Waals surface area contributed by atoms with Crippen molar-refractivity contribution in [2.75, 3.05) is 0 Å². The van der Waals surface area contributed by atoms with Crippen molar-refractivity contribution in [2.45, 2.75) is 0 Å². The highest BCUT2D eigenvalue weighted by atomic mass is 16.9. The zero-order valence-corrected chi connectivity index (χ0v) is 11.3. The summed E-state index contributed by atoms with van der Waals surface area (Å²) in [7, 11) is 0. The first-order valence-corrected chi connectivity index (χ1v) is 5.50. The molecule has 0 fully saturated rings. The van der Waals surface area contributed by atoms with E-state index in [0.717, 1.165) is 5.56 Å². The van der Waals surface area contributed by atoms with Gasteiger partial charge in [-0.3, -0.25) is 0 Å². The molecule has 22 heavy (non-hydrogen) atoms. The third-order valence-corrected chi connectivity index (χ3v) is 1.70. The van der Waals surface area contributed by atoms with Crippen molar-refractivity contribution in [2.24, 2.45) is 43.3 Å². The largest absolute Gasteiger partial charge is 0.369 e. The van der Waals surface area contributed by atoms with Crippen molar-refractivity contribution in [1.29, 1.82) is 0 Å². The maximum atomic E-state index is 8.36. The molecule has 9 N–H and O–H groups in total. The van der Waals surface area contributed by atoms with E-state index in [9.17, 15) is 0 Å². The summed E-state index contributed by atoms with van der Waals surface area (Å²) in [6, 6.07) is 9.20. The van der Waals surface area contributed by atoms with Crippen molar-refractivity contribution in [3.05, 3.63) is 46.0 Å². The molecule has 0 aromatic heterocycles. The Balaban J connectivity index is 0.000000980. The van der Waals surface area contributed by atoms with Gasteiger partial charge in [0.2, 0.25) is 11.9 Å². The predicted octanol–water partition coefficient (Wildman–Crippen LogP) is -1.42. The summed E-state index contributed by atoms with van der Waals surface area (Å²) in [6.45, 7) is 0. The van der Waals surface area contributed by atoms with E-state index in [1.807, 2.05) is 30.3 Å². The fraction of sp³-hybridized carbons (Fsp3) is 0. The Morgan fingerprint density at radius 2 is 1.55 bits per heavy atom. The molecule has 12 heteroatoms. The SMILES string of the molecule is NC(N)=N/N=C/C(=N/N=C(N)N)c1ccccc1.O=[N+]([O-])O. The molecule has 0 heterocycles. The van der Waals surface area contributed by atoms with Crippen LogP contribution in [-0.2, 0) is 0 Å². The predicted molar refractivity (Wildman–Crippen MR) is 81.9 cm³/mol. The van der Waals surface area contributed by atoms with Gasteiger partial charge in [-0.25, -0.2) is 0 Å². The van der Waals surface area contributed by atoms with Crippen LogP contribution in [0.2, 0.25) is 0 Å². The molecule has 0 unspecified atom stereocenters. The molecule has 1 rings (SSSR count). The van der Waals surface area contributed by atoms with Crippen LogP contribution >= 0.6 is 0 Å². The molecule has 1 aromatic carbocycles. The molecular weight excluding hydrogens is 294 g/mol. The number of hydrogen-bond acceptors (Lipinski definition) is 6. The van der Waals surface area contributed by atoms with Crippen LogP contribution in [0, 0.1) is 10.1 Å². The van der Waals surface area contributed by atoms with Crippen LogP contribution in [0.4, 0.5) is 0 Å². The van der Waals surface area contributed by atoms with Crippen LogP contribution in [0.1, 0.15) is 5.56 Å². The average molecular weight is 309 g/mol. The third-order valence-electron chi connectivity index (χ3n) is 1.70. The number of rotatable bonds is 4. The van der Waals surface area contributed by atoms with Gasteiger partial charge in [-0.1, -0.05) is 30.3 Å². The molecule has 0 bridgehead atoms. The number of guanidine groups is 2. The number of hydrogen-bond donors (Lipinski definition) is 5. The molecule has 1 aromatic rings. The van der Waals surface area contributed by atoms with E-state index in [1.54, 1.807) is 0 Å². The van der Waals surface area contributed by atoms with Crippen LogP contribution in [0.25, 0.3) is 0 Å². The van der Waals surface area contributed by atoms with Gasteiger partial charge in [0.05, 0.1) is 6.21 Å². The maximum Gasteiger partial charge on any atom is 0.291 e. The highest BCUT2D eigenvalue weighted by molar-refractivity contribution is 6.38. The summed E-state index contributed by atoms with van der Waals surface area (Å²) in [5.41, 5.74) is 21.9. The highest BCUT2D eigenvalue weighted by Crippen LogP contribution is 2.00. The van der Waals surface area contributed by atoms with Gasteiger partial charge in [-0.05, 0) is 0 Å². The minimum absolute atomic E-state index is 0.152. The van der Waals surface area contributed by atoms with Crippen LogP contribution in [0.5, 0.6) is 0 Å². The number of nitrogens with zero attached hydrogens (tertiary/aromatic N) is 5. The molecule has 0 saturated heterocycles. The van der Waals surface area contributed by atoms with E-state index in [4.69, 9.17) is 38.3 Å². The van der Waals surface area contributed by atoms with E-state index in [-0.39, 0.29) is 11.9 Å². The molecule has 0 radical (unpaired) electrons. The standard InChI is InChI=1S/C10H14N8.HNO3/c11-9(12)17-15-6-8(16-18-10(13)14)7-4-2-1-3-5-7;2-1(3)4/h1-6H,(H4,11,12,17)(H4,13,14,18);(H,2,3,4)/b15-6+,16-8-;. The lowest BCUT2D eigenvalue weighted by Gasteiger charge is -1.97. The Kier molecular flexibility index (Phi) is 8.43. The van der Waals surface area contributed by atoms with Gasteiger partial charge in [0.1, 0.15) is 5.71 Å². The van der Waals surface area contributed by atoms with Crippen LogP contribution in [0.15, 0.2) is 50.7 Å². The van der Waals surface area contributed by atoms with Gasteiger partial charge in [-0.15, -0.1) is 25.4 Å². The normalized spacial score (nSPS) is 10.3. The quantitative estimate of drug-likeness (QED) is 0.193. The summed E-state index contributed by atoms with van der Waals surface area (Å²) < 4.78 is 0. The summed E-state index contributed by atoms with van der Waals surface area (Å²) >= 11 is 0. The molecule has 0 amide bonds. The van der Waals surface area contributed by atoms with Crippen LogP contribution < -0.4 is 22.9 Å². The first-order chi connectivity index (χ1) is 10.3. The zero-order chi connectivity index (χ0) is 17.0. The Morgan fingerprint density at radius 3 is 2.00 bits per heavy atom. The summed E-state index contributed by atoms with van der Waals surface area (Å²) in [5.74, 6) is -0.306. The highest BCUT2D eigenvalue weighted by Gasteiger charge is 1.99. The molecule has 0 saturated carbocycles. The van der Waals surface area contributed by atoms with Crippen molar-refractivity contribution in [3.63, 3.8) is 0 Å². The van der Waals surface area contributed by atoms with E-state index in [2.05, 4.69) is 20.4 Å². The third kappa shape index (κ3) is 10.2. The fourth-order valence-electron chi connectivity index (χ4n) is 1.03. The lowest BCUT2D eigenvalue weighted by Crippen LogP contribution is -2.22. The van der Waals surface area contributed by atoms with E-state index >= 15 is 0 Å². The topological polar surface area (TPSA) is 217 Å². The first-order valence-electron chi connectivity index (χ1n) is 5.50. The summed E-state index contributed by atoms with van der Waals surface area (Å²) in [4.78, 5) is 8.36. The molecule has 12 nitrogen and oxygen atoms in total. The van der Waals surface area contributed by atoms with E-state index < -0.39 is 5.09 Å². The molecule has 0 aliphatic carbocycles. The second-order valence-electron chi connectivity index (χ2n) is 3.38. The van der Waals surface area contributed by atoms with Gasteiger partial charge in [0, 0.05) is 5.56 Å². The average Bonchev–Trinajstić information content (AvgIpc) is 2.42. The Bertz CT molecular complexity index is 583. The number of benzene rings is 1.